The molecule has 0 aliphatic rings. The molecule has 0 saturated heterocycles. The number of aryl methyl sites for hydroxylation is 1. The Morgan fingerprint density at radius 3 is 2.62 bits per heavy atom. The van der Waals surface area contributed by atoms with Crippen LogP contribution in [0.4, 0.5) is 0 Å². The second-order valence-corrected chi connectivity index (χ2v) is 7.35. The first-order chi connectivity index (χ1) is 14.0. The van der Waals surface area contributed by atoms with E-state index in [0.717, 1.165) is 16.3 Å². The summed E-state index contributed by atoms with van der Waals surface area (Å²) in [6.45, 7) is 5.66. The second-order valence-electron chi connectivity index (χ2n) is 6.37. The summed E-state index contributed by atoms with van der Waals surface area (Å²) in [7, 11) is 0. The molecular formula is C22H23N3O3S. The van der Waals surface area contributed by atoms with Crippen molar-refractivity contribution in [1.82, 2.24) is 15.1 Å². The Morgan fingerprint density at radius 2 is 1.97 bits per heavy atom. The number of benzene rings is 1. The molecule has 0 aliphatic carbocycles. The predicted octanol–water partition coefficient (Wildman–Crippen LogP) is 3.98. The van der Waals surface area contributed by atoms with Crippen LogP contribution in [0.15, 0.2) is 53.9 Å². The van der Waals surface area contributed by atoms with E-state index >= 15 is 0 Å². The fraction of sp³-hybridized carbons (Fsp3) is 0.227. The first kappa shape index (κ1) is 20.5. The van der Waals surface area contributed by atoms with E-state index in [9.17, 15) is 9.59 Å². The number of aromatic nitrogens is 2. The zero-order valence-electron chi connectivity index (χ0n) is 16.6. The predicted molar refractivity (Wildman–Crippen MR) is 114 cm³/mol. The van der Waals surface area contributed by atoms with Crippen molar-refractivity contribution in [1.29, 1.82) is 0 Å². The molecule has 0 spiro atoms. The maximum atomic E-state index is 12.7. The third-order valence-electron chi connectivity index (χ3n) is 4.39. The van der Waals surface area contributed by atoms with Crippen LogP contribution in [0, 0.1) is 13.8 Å². The minimum absolute atomic E-state index is 0.223. The van der Waals surface area contributed by atoms with E-state index in [1.54, 1.807) is 17.7 Å². The summed E-state index contributed by atoms with van der Waals surface area (Å²) in [5.41, 5.74) is 2.96. The molecule has 150 valence electrons. The second kappa shape index (κ2) is 9.34. The van der Waals surface area contributed by atoms with Crippen molar-refractivity contribution < 1.29 is 14.3 Å². The van der Waals surface area contributed by atoms with Crippen LogP contribution in [0.1, 0.15) is 34.8 Å². The molecule has 6 nitrogen and oxygen atoms in total. The first-order valence-electron chi connectivity index (χ1n) is 9.31. The van der Waals surface area contributed by atoms with Crippen molar-refractivity contribution in [3.63, 3.8) is 0 Å². The topological polar surface area (TPSA) is 73.2 Å². The van der Waals surface area contributed by atoms with Gasteiger partial charge in [0.15, 0.2) is 6.04 Å². The van der Waals surface area contributed by atoms with Crippen molar-refractivity contribution >= 4 is 29.3 Å². The molecule has 0 bridgehead atoms. The highest BCUT2D eigenvalue weighted by atomic mass is 32.1. The molecule has 1 N–H and O–H groups in total. The lowest BCUT2D eigenvalue weighted by atomic mass is 10.0. The lowest BCUT2D eigenvalue weighted by Gasteiger charge is -2.17. The number of hydrogen-bond donors (Lipinski definition) is 1. The molecule has 29 heavy (non-hydrogen) atoms. The average molecular weight is 410 g/mol. The SMILES string of the molecule is CCOC(=O)[C@@H](NC(=O)/C=C/c1cccs1)c1c(C)nn(-c2ccccc2)c1C. The van der Waals surface area contributed by atoms with Crippen LogP contribution in [-0.2, 0) is 14.3 Å². The van der Waals surface area contributed by atoms with E-state index in [1.807, 2.05) is 61.7 Å². The normalized spacial score (nSPS) is 12.1. The minimum atomic E-state index is -0.937. The first-order valence-corrected chi connectivity index (χ1v) is 10.2. The highest BCUT2D eigenvalue weighted by Crippen LogP contribution is 2.25. The number of rotatable bonds is 7. The Bertz CT molecular complexity index is 1010. The van der Waals surface area contributed by atoms with E-state index in [1.165, 1.54) is 17.4 Å². The zero-order chi connectivity index (χ0) is 20.8. The lowest BCUT2D eigenvalue weighted by Crippen LogP contribution is -2.34. The Balaban J connectivity index is 1.92. The number of nitrogens with zero attached hydrogens (tertiary/aromatic N) is 2. The molecule has 3 aromatic rings. The fourth-order valence-corrected chi connectivity index (χ4v) is 3.72. The number of carbonyl (C=O) groups excluding carboxylic acids is 2. The van der Waals surface area contributed by atoms with Gasteiger partial charge in [-0.1, -0.05) is 24.3 Å². The van der Waals surface area contributed by atoms with Crippen molar-refractivity contribution in [3.05, 3.63) is 75.7 Å². The fourth-order valence-electron chi connectivity index (χ4n) is 3.10. The Kier molecular flexibility index (Phi) is 6.61. The van der Waals surface area contributed by atoms with Gasteiger partial charge < -0.3 is 10.1 Å². The highest BCUT2D eigenvalue weighted by Gasteiger charge is 2.30. The van der Waals surface area contributed by atoms with E-state index in [0.29, 0.717) is 11.3 Å². The van der Waals surface area contributed by atoms with Gasteiger partial charge in [0.25, 0.3) is 0 Å². The van der Waals surface area contributed by atoms with Crippen LogP contribution in [0.5, 0.6) is 0 Å². The number of carbonyl (C=O) groups is 2. The summed E-state index contributed by atoms with van der Waals surface area (Å²) in [4.78, 5) is 26.1. The molecule has 1 atom stereocenters. The van der Waals surface area contributed by atoms with Gasteiger partial charge in [0.1, 0.15) is 0 Å². The van der Waals surface area contributed by atoms with E-state index in [2.05, 4.69) is 10.4 Å². The molecule has 0 fully saturated rings. The number of amides is 1. The Labute approximate surface area is 173 Å². The third-order valence-corrected chi connectivity index (χ3v) is 5.23. The lowest BCUT2D eigenvalue weighted by molar-refractivity contribution is -0.147. The van der Waals surface area contributed by atoms with Gasteiger partial charge >= 0.3 is 5.97 Å². The summed E-state index contributed by atoms with van der Waals surface area (Å²) < 4.78 is 6.99. The summed E-state index contributed by atoms with van der Waals surface area (Å²) >= 11 is 1.53. The van der Waals surface area contributed by atoms with Crippen molar-refractivity contribution in [3.8, 4) is 5.69 Å². The highest BCUT2D eigenvalue weighted by molar-refractivity contribution is 7.10. The van der Waals surface area contributed by atoms with Crippen molar-refractivity contribution in [2.75, 3.05) is 6.61 Å². The monoisotopic (exact) mass is 409 g/mol. The number of nitrogens with one attached hydrogen (secondary N) is 1. The van der Waals surface area contributed by atoms with E-state index in [4.69, 9.17) is 4.74 Å². The largest absolute Gasteiger partial charge is 0.464 e. The molecule has 1 amide bonds. The van der Waals surface area contributed by atoms with Crippen LogP contribution < -0.4 is 5.32 Å². The van der Waals surface area contributed by atoms with Gasteiger partial charge in [0, 0.05) is 22.2 Å². The number of ether oxygens (including phenoxy) is 1. The average Bonchev–Trinajstić information content (AvgIpc) is 3.33. The summed E-state index contributed by atoms with van der Waals surface area (Å²) in [6.07, 6.45) is 3.14. The number of hydrogen-bond acceptors (Lipinski definition) is 5. The van der Waals surface area contributed by atoms with Crippen LogP contribution in [0.25, 0.3) is 11.8 Å². The molecule has 1 aromatic carbocycles. The van der Waals surface area contributed by atoms with Gasteiger partial charge in [0.2, 0.25) is 5.91 Å². The molecule has 7 heteroatoms. The minimum Gasteiger partial charge on any atom is -0.464 e. The molecule has 0 radical (unpaired) electrons. The zero-order valence-corrected chi connectivity index (χ0v) is 17.4. The quantitative estimate of drug-likeness (QED) is 0.473. The maximum Gasteiger partial charge on any atom is 0.333 e. The third kappa shape index (κ3) is 4.81. The van der Waals surface area contributed by atoms with Crippen molar-refractivity contribution in [2.45, 2.75) is 26.8 Å². The van der Waals surface area contributed by atoms with E-state index < -0.39 is 12.0 Å². The molecule has 2 aromatic heterocycles. The summed E-state index contributed by atoms with van der Waals surface area (Å²) in [5.74, 6) is -0.883. The number of thiophene rings is 1. The van der Waals surface area contributed by atoms with Gasteiger partial charge in [-0.15, -0.1) is 11.3 Å². The van der Waals surface area contributed by atoms with Crippen molar-refractivity contribution in [2.24, 2.45) is 0 Å². The van der Waals surface area contributed by atoms with Gasteiger partial charge in [-0.3, -0.25) is 4.79 Å². The Hall–Kier alpha value is -3.19. The van der Waals surface area contributed by atoms with Gasteiger partial charge in [0.05, 0.1) is 18.0 Å². The van der Waals surface area contributed by atoms with Gasteiger partial charge in [-0.25, -0.2) is 9.48 Å². The van der Waals surface area contributed by atoms with E-state index in [-0.39, 0.29) is 12.5 Å². The standard InChI is InChI=1S/C22H23N3O3S/c1-4-28-22(27)21(23-19(26)13-12-18-11-8-14-29-18)20-15(2)24-25(16(20)3)17-9-6-5-7-10-17/h5-14,21H,4H2,1-3H3,(H,23,26)/b13-12+/t21-/m0/s1. The summed E-state index contributed by atoms with van der Waals surface area (Å²) in [6, 6.07) is 12.5. The summed E-state index contributed by atoms with van der Waals surface area (Å²) in [5, 5.41) is 9.29. The van der Waals surface area contributed by atoms with Crippen LogP contribution in [-0.4, -0.2) is 28.3 Å². The van der Waals surface area contributed by atoms with Crippen LogP contribution >= 0.6 is 11.3 Å². The molecule has 2 heterocycles. The number of para-hydroxylation sites is 1. The molecule has 3 rings (SSSR count). The number of esters is 1. The molecule has 0 saturated carbocycles. The van der Waals surface area contributed by atoms with Crippen LogP contribution in [0.3, 0.4) is 0 Å². The molecular weight excluding hydrogens is 386 g/mol. The van der Waals surface area contributed by atoms with Crippen LogP contribution in [0.2, 0.25) is 0 Å². The van der Waals surface area contributed by atoms with Gasteiger partial charge in [-0.05, 0) is 50.4 Å². The molecule has 0 unspecified atom stereocenters. The van der Waals surface area contributed by atoms with Gasteiger partial charge in [-0.2, -0.15) is 5.10 Å². The molecule has 0 aliphatic heterocycles. The Morgan fingerprint density at radius 1 is 1.21 bits per heavy atom. The maximum absolute atomic E-state index is 12.7. The smallest absolute Gasteiger partial charge is 0.333 e.